The smallest absolute Gasteiger partial charge is 0.154 e. The van der Waals surface area contributed by atoms with E-state index in [1.165, 1.54) is 12.8 Å². The highest BCUT2D eigenvalue weighted by molar-refractivity contribution is 4.99. The molecule has 0 amide bonds. The fourth-order valence-electron chi connectivity index (χ4n) is 2.99. The van der Waals surface area contributed by atoms with Crippen LogP contribution in [0.1, 0.15) is 45.3 Å². The Hall–Kier alpha value is -1.72. The molecule has 0 N–H and O–H groups in total. The first-order chi connectivity index (χ1) is 9.54. The van der Waals surface area contributed by atoms with Gasteiger partial charge in [-0.2, -0.15) is 5.10 Å². The zero-order valence-corrected chi connectivity index (χ0v) is 12.5. The van der Waals surface area contributed by atoms with E-state index in [0.29, 0.717) is 12.0 Å². The maximum absolute atomic E-state index is 4.37. The van der Waals surface area contributed by atoms with Crippen LogP contribution in [0, 0.1) is 11.3 Å². The molecule has 0 aromatic carbocycles. The lowest BCUT2D eigenvalue weighted by atomic mass is 9.76. The van der Waals surface area contributed by atoms with Crippen LogP contribution in [-0.4, -0.2) is 29.5 Å². The monoisotopic (exact) mass is 274 g/mol. The zero-order valence-electron chi connectivity index (χ0n) is 12.5. The summed E-state index contributed by atoms with van der Waals surface area (Å²) >= 11 is 0. The normalized spacial score (nSPS) is 19.6. The first-order valence-corrected chi connectivity index (χ1v) is 7.27. The van der Waals surface area contributed by atoms with Crippen molar-refractivity contribution in [2.75, 3.05) is 0 Å². The summed E-state index contributed by atoms with van der Waals surface area (Å²) in [5.74, 6) is 2.84. The Bertz CT molecular complexity index is 563. The largest absolute Gasteiger partial charge is 0.313 e. The summed E-state index contributed by atoms with van der Waals surface area (Å²) in [5.41, 5.74) is 0.365. The molecule has 1 aliphatic heterocycles. The molecule has 108 valence electrons. The van der Waals surface area contributed by atoms with Crippen molar-refractivity contribution < 1.29 is 0 Å². The van der Waals surface area contributed by atoms with Crippen LogP contribution in [0.5, 0.6) is 0 Å². The Morgan fingerprint density at radius 2 is 2.10 bits per heavy atom. The van der Waals surface area contributed by atoms with Crippen molar-refractivity contribution in [2.45, 2.75) is 53.1 Å². The summed E-state index contributed by atoms with van der Waals surface area (Å²) in [6.07, 6.45) is 6.68. The molecular weight excluding hydrogens is 252 g/mol. The molecule has 0 saturated heterocycles. The first-order valence-electron chi connectivity index (χ1n) is 7.27. The van der Waals surface area contributed by atoms with E-state index < -0.39 is 0 Å². The lowest BCUT2D eigenvalue weighted by Gasteiger charge is -2.29. The third-order valence-corrected chi connectivity index (χ3v) is 4.32. The SMILES string of the molecule is CC(C)(C)C1CCc2nnc(Cn3cncn3)n2CC1. The Kier molecular flexibility index (Phi) is 3.31. The van der Waals surface area contributed by atoms with Crippen molar-refractivity contribution in [3.63, 3.8) is 0 Å². The molecule has 2 aromatic rings. The van der Waals surface area contributed by atoms with Gasteiger partial charge in [-0.3, -0.25) is 0 Å². The highest BCUT2D eigenvalue weighted by atomic mass is 15.4. The number of aromatic nitrogens is 6. The van der Waals surface area contributed by atoms with Crippen LogP contribution < -0.4 is 0 Å². The van der Waals surface area contributed by atoms with Gasteiger partial charge in [0.2, 0.25) is 0 Å². The molecule has 0 bridgehead atoms. The number of nitrogens with zero attached hydrogens (tertiary/aromatic N) is 6. The second kappa shape index (κ2) is 5.00. The summed E-state index contributed by atoms with van der Waals surface area (Å²) in [7, 11) is 0. The summed E-state index contributed by atoms with van der Waals surface area (Å²) in [5, 5.41) is 12.8. The minimum absolute atomic E-state index is 0.365. The molecule has 20 heavy (non-hydrogen) atoms. The van der Waals surface area contributed by atoms with Gasteiger partial charge in [0.15, 0.2) is 5.82 Å². The summed E-state index contributed by atoms with van der Waals surface area (Å²) < 4.78 is 4.07. The Balaban J connectivity index is 1.78. The molecular formula is C14H22N6. The van der Waals surface area contributed by atoms with Crippen molar-refractivity contribution in [1.29, 1.82) is 0 Å². The average molecular weight is 274 g/mol. The summed E-state index contributed by atoms with van der Waals surface area (Å²) in [4.78, 5) is 3.97. The number of aryl methyl sites for hydroxylation is 1. The Morgan fingerprint density at radius 1 is 1.25 bits per heavy atom. The molecule has 0 aliphatic carbocycles. The Labute approximate surface area is 119 Å². The van der Waals surface area contributed by atoms with Gasteiger partial charge in [0.1, 0.15) is 25.0 Å². The van der Waals surface area contributed by atoms with Crippen LogP contribution in [0.2, 0.25) is 0 Å². The molecule has 1 unspecified atom stereocenters. The van der Waals surface area contributed by atoms with Crippen molar-refractivity contribution >= 4 is 0 Å². The molecule has 1 aliphatic rings. The minimum Gasteiger partial charge on any atom is -0.313 e. The first kappa shape index (κ1) is 13.3. The van der Waals surface area contributed by atoms with Crippen LogP contribution in [-0.2, 0) is 19.5 Å². The topological polar surface area (TPSA) is 61.4 Å². The highest BCUT2D eigenvalue weighted by Gasteiger charge is 2.28. The molecule has 3 heterocycles. The minimum atomic E-state index is 0.365. The van der Waals surface area contributed by atoms with E-state index in [2.05, 4.69) is 45.6 Å². The third kappa shape index (κ3) is 2.59. The van der Waals surface area contributed by atoms with Crippen LogP contribution in [0.15, 0.2) is 12.7 Å². The molecule has 0 spiro atoms. The summed E-state index contributed by atoms with van der Waals surface area (Å²) in [6.45, 7) is 8.66. The predicted molar refractivity (Wildman–Crippen MR) is 75.0 cm³/mol. The fourth-order valence-corrected chi connectivity index (χ4v) is 2.99. The van der Waals surface area contributed by atoms with Gasteiger partial charge in [0.25, 0.3) is 0 Å². The van der Waals surface area contributed by atoms with Crippen LogP contribution in [0.3, 0.4) is 0 Å². The van der Waals surface area contributed by atoms with Crippen LogP contribution in [0.25, 0.3) is 0 Å². The van der Waals surface area contributed by atoms with Gasteiger partial charge in [-0.1, -0.05) is 20.8 Å². The second-order valence-electron chi connectivity index (χ2n) is 6.67. The lowest BCUT2D eigenvalue weighted by molar-refractivity contribution is 0.211. The molecule has 1 atom stereocenters. The van der Waals surface area contributed by atoms with Crippen molar-refractivity contribution in [3.05, 3.63) is 24.3 Å². The van der Waals surface area contributed by atoms with Crippen LogP contribution >= 0.6 is 0 Å². The molecule has 0 radical (unpaired) electrons. The van der Waals surface area contributed by atoms with Crippen molar-refractivity contribution in [3.8, 4) is 0 Å². The van der Waals surface area contributed by atoms with E-state index >= 15 is 0 Å². The predicted octanol–water partition coefficient (Wildman–Crippen LogP) is 1.92. The van der Waals surface area contributed by atoms with Crippen molar-refractivity contribution in [2.24, 2.45) is 11.3 Å². The quantitative estimate of drug-likeness (QED) is 0.839. The lowest BCUT2D eigenvalue weighted by Crippen LogP contribution is -2.21. The van der Waals surface area contributed by atoms with E-state index in [1.54, 1.807) is 17.3 Å². The molecule has 0 saturated carbocycles. The third-order valence-electron chi connectivity index (χ3n) is 4.32. The van der Waals surface area contributed by atoms with Crippen molar-refractivity contribution in [1.82, 2.24) is 29.5 Å². The Morgan fingerprint density at radius 3 is 2.80 bits per heavy atom. The summed E-state index contributed by atoms with van der Waals surface area (Å²) in [6, 6.07) is 0. The van der Waals surface area contributed by atoms with E-state index in [-0.39, 0.29) is 0 Å². The van der Waals surface area contributed by atoms with Gasteiger partial charge >= 0.3 is 0 Å². The number of fused-ring (bicyclic) bond motifs is 1. The molecule has 0 fully saturated rings. The van der Waals surface area contributed by atoms with Gasteiger partial charge in [-0.25, -0.2) is 9.67 Å². The van der Waals surface area contributed by atoms with E-state index in [9.17, 15) is 0 Å². The van der Waals surface area contributed by atoms with Crippen LogP contribution in [0.4, 0.5) is 0 Å². The fraction of sp³-hybridized carbons (Fsp3) is 0.714. The number of hydrogen-bond donors (Lipinski definition) is 0. The second-order valence-corrected chi connectivity index (χ2v) is 6.67. The molecule has 2 aromatic heterocycles. The van der Waals surface area contributed by atoms with Gasteiger partial charge in [0, 0.05) is 13.0 Å². The zero-order chi connectivity index (χ0) is 14.2. The van der Waals surface area contributed by atoms with Gasteiger partial charge < -0.3 is 4.57 Å². The van der Waals surface area contributed by atoms with E-state index in [1.807, 2.05) is 0 Å². The average Bonchev–Trinajstić information content (AvgIpc) is 2.95. The number of hydrogen-bond acceptors (Lipinski definition) is 4. The highest BCUT2D eigenvalue weighted by Crippen LogP contribution is 2.34. The molecule has 6 heteroatoms. The maximum atomic E-state index is 4.37. The van der Waals surface area contributed by atoms with Gasteiger partial charge in [0.05, 0.1) is 0 Å². The molecule has 3 rings (SSSR count). The standard InChI is InChI=1S/C14H22N6/c1-14(2,3)11-4-5-12-17-18-13(20(12)7-6-11)8-19-10-15-9-16-19/h9-11H,4-8H2,1-3H3. The molecule has 6 nitrogen and oxygen atoms in total. The van der Waals surface area contributed by atoms with Gasteiger partial charge in [-0.15, -0.1) is 10.2 Å². The number of rotatable bonds is 2. The van der Waals surface area contributed by atoms with E-state index in [4.69, 9.17) is 0 Å². The maximum Gasteiger partial charge on any atom is 0.154 e. The van der Waals surface area contributed by atoms with Gasteiger partial charge in [-0.05, 0) is 24.2 Å². The van der Waals surface area contributed by atoms with E-state index in [0.717, 1.165) is 30.5 Å².